The number of carbonyl (C=O) groups excluding carboxylic acids is 1. The number of thiophene rings is 1. The maximum absolute atomic E-state index is 13.1. The number of amides is 1. The van der Waals surface area contributed by atoms with Gasteiger partial charge in [-0.25, -0.2) is 4.98 Å². The maximum Gasteiger partial charge on any atom is 0.272 e. The highest BCUT2D eigenvalue weighted by Gasteiger charge is 2.15. The summed E-state index contributed by atoms with van der Waals surface area (Å²) in [5.74, 6) is 0.535. The van der Waals surface area contributed by atoms with Crippen molar-refractivity contribution < 1.29 is 9.53 Å². The van der Waals surface area contributed by atoms with Crippen LogP contribution in [0.3, 0.4) is 0 Å². The molecule has 2 aromatic carbocycles. The van der Waals surface area contributed by atoms with Gasteiger partial charge in [0.05, 0.1) is 24.1 Å². The van der Waals surface area contributed by atoms with Gasteiger partial charge in [-0.1, -0.05) is 54.2 Å². The summed E-state index contributed by atoms with van der Waals surface area (Å²) in [5, 5.41) is 5.27. The van der Waals surface area contributed by atoms with E-state index in [1.54, 1.807) is 23.8 Å². The normalized spacial score (nSPS) is 10.9. The Hall–Kier alpha value is -3.10. The van der Waals surface area contributed by atoms with E-state index in [1.807, 2.05) is 53.9 Å². The SMILES string of the molecule is COc1ccccc1NC(=O)CSc1nc2ccsc2c(=O)n1CCc1ccccc1. The van der Waals surface area contributed by atoms with E-state index in [2.05, 4.69) is 10.3 Å². The molecule has 4 aromatic rings. The van der Waals surface area contributed by atoms with Crippen molar-refractivity contribution in [2.75, 3.05) is 18.2 Å². The van der Waals surface area contributed by atoms with Crippen LogP contribution < -0.4 is 15.6 Å². The Balaban J connectivity index is 1.53. The molecular weight excluding hydrogens is 430 g/mol. The fourth-order valence-electron chi connectivity index (χ4n) is 3.18. The van der Waals surface area contributed by atoms with Gasteiger partial charge in [0.15, 0.2) is 5.16 Å². The molecule has 0 aliphatic carbocycles. The van der Waals surface area contributed by atoms with Crippen LogP contribution in [0.1, 0.15) is 5.56 Å². The summed E-state index contributed by atoms with van der Waals surface area (Å²) >= 11 is 2.65. The third-order valence-electron chi connectivity index (χ3n) is 4.71. The van der Waals surface area contributed by atoms with E-state index in [4.69, 9.17) is 4.74 Å². The van der Waals surface area contributed by atoms with Crippen molar-refractivity contribution in [3.8, 4) is 5.75 Å². The van der Waals surface area contributed by atoms with Crippen LogP contribution in [0.25, 0.3) is 10.2 Å². The number of aromatic nitrogens is 2. The first-order valence-electron chi connectivity index (χ1n) is 9.73. The van der Waals surface area contributed by atoms with Crippen LogP contribution in [0, 0.1) is 0 Å². The average molecular weight is 452 g/mol. The molecule has 0 atom stereocenters. The van der Waals surface area contributed by atoms with Gasteiger partial charge in [0.2, 0.25) is 5.91 Å². The highest BCUT2D eigenvalue weighted by molar-refractivity contribution is 7.99. The molecule has 0 bridgehead atoms. The molecule has 0 fully saturated rings. The lowest BCUT2D eigenvalue weighted by Crippen LogP contribution is -2.24. The molecule has 1 amide bonds. The number of hydrogen-bond acceptors (Lipinski definition) is 6. The molecule has 0 aliphatic rings. The van der Waals surface area contributed by atoms with E-state index in [9.17, 15) is 9.59 Å². The number of benzene rings is 2. The Morgan fingerprint density at radius 1 is 1.13 bits per heavy atom. The lowest BCUT2D eigenvalue weighted by atomic mass is 10.1. The van der Waals surface area contributed by atoms with E-state index >= 15 is 0 Å². The number of para-hydroxylation sites is 2. The lowest BCUT2D eigenvalue weighted by Gasteiger charge is -2.13. The molecule has 0 saturated heterocycles. The highest BCUT2D eigenvalue weighted by atomic mass is 32.2. The molecule has 31 heavy (non-hydrogen) atoms. The van der Waals surface area contributed by atoms with Crippen LogP contribution in [0.5, 0.6) is 5.75 Å². The van der Waals surface area contributed by atoms with Crippen LogP contribution in [0.4, 0.5) is 5.69 Å². The molecule has 0 aliphatic heterocycles. The quantitative estimate of drug-likeness (QED) is 0.317. The van der Waals surface area contributed by atoms with Crippen LogP contribution in [0.2, 0.25) is 0 Å². The molecule has 6 nitrogen and oxygen atoms in total. The number of nitrogens with zero attached hydrogens (tertiary/aromatic N) is 2. The second-order valence-electron chi connectivity index (χ2n) is 6.76. The molecule has 4 rings (SSSR count). The predicted octanol–water partition coefficient (Wildman–Crippen LogP) is 4.44. The van der Waals surface area contributed by atoms with E-state index in [1.165, 1.54) is 23.1 Å². The largest absolute Gasteiger partial charge is 0.495 e. The van der Waals surface area contributed by atoms with Crippen LogP contribution >= 0.6 is 23.1 Å². The van der Waals surface area contributed by atoms with Crippen LogP contribution in [-0.2, 0) is 17.8 Å². The molecule has 1 N–H and O–H groups in total. The van der Waals surface area contributed by atoms with Crippen molar-refractivity contribution in [1.82, 2.24) is 9.55 Å². The summed E-state index contributed by atoms with van der Waals surface area (Å²) in [5.41, 5.74) is 2.35. The van der Waals surface area contributed by atoms with Gasteiger partial charge in [0.25, 0.3) is 5.56 Å². The Morgan fingerprint density at radius 2 is 1.90 bits per heavy atom. The number of hydrogen-bond donors (Lipinski definition) is 1. The number of methoxy groups -OCH3 is 1. The molecule has 158 valence electrons. The molecule has 0 saturated carbocycles. The minimum absolute atomic E-state index is 0.0661. The van der Waals surface area contributed by atoms with E-state index in [0.717, 1.165) is 5.56 Å². The summed E-state index contributed by atoms with van der Waals surface area (Å²) in [6.45, 7) is 0.500. The number of ether oxygens (including phenoxy) is 1. The van der Waals surface area contributed by atoms with E-state index < -0.39 is 0 Å². The minimum atomic E-state index is -0.191. The Kier molecular flexibility index (Phi) is 6.69. The van der Waals surface area contributed by atoms with Gasteiger partial charge in [0.1, 0.15) is 10.4 Å². The lowest BCUT2D eigenvalue weighted by molar-refractivity contribution is -0.113. The van der Waals surface area contributed by atoms with Crippen LogP contribution in [-0.4, -0.2) is 28.3 Å². The number of aryl methyl sites for hydroxylation is 1. The zero-order chi connectivity index (χ0) is 21.6. The van der Waals surface area contributed by atoms with Crippen molar-refractivity contribution in [2.24, 2.45) is 0 Å². The topological polar surface area (TPSA) is 73.2 Å². The molecule has 2 aromatic heterocycles. The van der Waals surface area contributed by atoms with Crippen molar-refractivity contribution in [3.63, 3.8) is 0 Å². The summed E-state index contributed by atoms with van der Waals surface area (Å²) in [4.78, 5) is 30.2. The zero-order valence-electron chi connectivity index (χ0n) is 16.9. The average Bonchev–Trinajstić information content (AvgIpc) is 3.27. The summed E-state index contributed by atoms with van der Waals surface area (Å²) in [6, 6.07) is 19.1. The minimum Gasteiger partial charge on any atom is -0.495 e. The van der Waals surface area contributed by atoms with Crippen molar-refractivity contribution in [1.29, 1.82) is 0 Å². The van der Waals surface area contributed by atoms with Crippen molar-refractivity contribution in [2.45, 2.75) is 18.1 Å². The first kappa shape index (κ1) is 21.1. The van der Waals surface area contributed by atoms with Crippen molar-refractivity contribution in [3.05, 3.63) is 82.0 Å². The van der Waals surface area contributed by atoms with Gasteiger partial charge < -0.3 is 10.1 Å². The standard InChI is InChI=1S/C23H21N3O3S2/c1-29-19-10-6-5-9-17(19)24-20(27)15-31-23-25-18-12-14-30-21(18)22(28)26(23)13-11-16-7-3-2-4-8-16/h2-10,12,14H,11,13,15H2,1H3,(H,24,27). The summed E-state index contributed by atoms with van der Waals surface area (Å²) < 4.78 is 7.59. The monoisotopic (exact) mass is 451 g/mol. The fraction of sp³-hybridized carbons (Fsp3) is 0.174. The fourth-order valence-corrected chi connectivity index (χ4v) is 4.78. The first-order valence-corrected chi connectivity index (χ1v) is 11.6. The van der Waals surface area contributed by atoms with Gasteiger partial charge in [-0.05, 0) is 35.6 Å². The first-order chi connectivity index (χ1) is 15.2. The summed E-state index contributed by atoms with van der Waals surface area (Å²) in [7, 11) is 1.56. The smallest absolute Gasteiger partial charge is 0.272 e. The number of fused-ring (bicyclic) bond motifs is 1. The number of carbonyl (C=O) groups is 1. The van der Waals surface area contributed by atoms with Crippen LogP contribution in [0.15, 0.2) is 76.0 Å². The van der Waals surface area contributed by atoms with Gasteiger partial charge in [0, 0.05) is 6.54 Å². The zero-order valence-corrected chi connectivity index (χ0v) is 18.5. The molecule has 0 radical (unpaired) electrons. The number of nitrogens with one attached hydrogen (secondary N) is 1. The predicted molar refractivity (Wildman–Crippen MR) is 126 cm³/mol. The van der Waals surface area contributed by atoms with Gasteiger partial charge >= 0.3 is 0 Å². The van der Waals surface area contributed by atoms with Gasteiger partial charge in [-0.15, -0.1) is 11.3 Å². The Morgan fingerprint density at radius 3 is 2.71 bits per heavy atom. The highest BCUT2D eigenvalue weighted by Crippen LogP contribution is 2.25. The van der Waals surface area contributed by atoms with Gasteiger partial charge in [-0.2, -0.15) is 0 Å². The molecule has 2 heterocycles. The Labute approximate surface area is 187 Å². The number of rotatable bonds is 8. The van der Waals surface area contributed by atoms with Gasteiger partial charge in [-0.3, -0.25) is 14.2 Å². The second kappa shape index (κ2) is 9.80. The Bertz CT molecular complexity index is 1250. The van der Waals surface area contributed by atoms with E-state index in [-0.39, 0.29) is 17.2 Å². The molecule has 0 spiro atoms. The number of thioether (sulfide) groups is 1. The number of anilines is 1. The summed E-state index contributed by atoms with van der Waals surface area (Å²) in [6.07, 6.45) is 0.709. The second-order valence-corrected chi connectivity index (χ2v) is 8.62. The third kappa shape index (κ3) is 4.98. The third-order valence-corrected chi connectivity index (χ3v) is 6.58. The molecule has 0 unspecified atom stereocenters. The maximum atomic E-state index is 13.1. The van der Waals surface area contributed by atoms with Crippen molar-refractivity contribution >= 4 is 44.9 Å². The molecular formula is C23H21N3O3S2. The molecule has 8 heteroatoms. The van der Waals surface area contributed by atoms with E-state index in [0.29, 0.717) is 39.8 Å².